The molecule has 0 saturated carbocycles. The summed E-state index contributed by atoms with van der Waals surface area (Å²) >= 11 is 0. The Balaban J connectivity index is 1.74. The van der Waals surface area contributed by atoms with Crippen LogP contribution in [0.25, 0.3) is 10.9 Å². The maximum atomic E-state index is 12.2. The number of rotatable bonds is 4. The first-order valence-corrected chi connectivity index (χ1v) is 9.55. The third-order valence-corrected chi connectivity index (χ3v) is 5.01. The summed E-state index contributed by atoms with van der Waals surface area (Å²) in [5, 5.41) is 18.8. The summed E-state index contributed by atoms with van der Waals surface area (Å²) in [6.45, 7) is 10.1. The van der Waals surface area contributed by atoms with Crippen molar-refractivity contribution in [2.24, 2.45) is 17.3 Å². The summed E-state index contributed by atoms with van der Waals surface area (Å²) < 4.78 is 7.26. The van der Waals surface area contributed by atoms with Crippen LogP contribution in [0.5, 0.6) is 11.6 Å². The number of para-hydroxylation sites is 1. The Hall–Kier alpha value is -3.15. The number of aromatic nitrogens is 1. The summed E-state index contributed by atoms with van der Waals surface area (Å²) in [5.74, 6) is 0.0962. The highest BCUT2D eigenvalue weighted by Crippen LogP contribution is 2.39. The van der Waals surface area contributed by atoms with Gasteiger partial charge >= 0.3 is 5.91 Å². The zero-order valence-electron chi connectivity index (χ0n) is 17.8. The number of azo groups is 1. The van der Waals surface area contributed by atoms with Gasteiger partial charge in [-0.1, -0.05) is 51.1 Å². The van der Waals surface area contributed by atoms with Crippen molar-refractivity contribution in [3.8, 4) is 11.6 Å². The van der Waals surface area contributed by atoms with Crippen molar-refractivity contribution in [2.75, 3.05) is 6.61 Å². The monoisotopic (exact) mass is 393 g/mol. The molecule has 0 aliphatic heterocycles. The number of carbonyl (C=O) groups excluding carboxylic acids is 1. The number of aryl methyl sites for hydroxylation is 3. The molecule has 3 aromatic rings. The zero-order chi connectivity index (χ0) is 21.3. The topological polar surface area (TPSA) is 76.2 Å². The predicted octanol–water partition coefficient (Wildman–Crippen LogP) is 5.49. The van der Waals surface area contributed by atoms with Gasteiger partial charge in [0, 0.05) is 12.4 Å². The van der Waals surface area contributed by atoms with Crippen molar-refractivity contribution in [1.29, 1.82) is 0 Å². The molecule has 0 aliphatic rings. The number of benzene rings is 2. The van der Waals surface area contributed by atoms with Crippen LogP contribution in [0.1, 0.15) is 37.5 Å². The van der Waals surface area contributed by atoms with Crippen LogP contribution in [0.15, 0.2) is 46.6 Å². The van der Waals surface area contributed by atoms with Crippen LogP contribution >= 0.6 is 0 Å². The lowest BCUT2D eigenvalue weighted by Gasteiger charge is -2.20. The van der Waals surface area contributed by atoms with Gasteiger partial charge in [0.25, 0.3) is 0 Å². The largest absolute Gasteiger partial charge is 0.493 e. The van der Waals surface area contributed by atoms with Crippen molar-refractivity contribution in [2.45, 2.75) is 40.0 Å². The number of carbonyl (C=O) groups is 1. The van der Waals surface area contributed by atoms with E-state index in [1.807, 2.05) is 44.2 Å². The van der Waals surface area contributed by atoms with Gasteiger partial charge in [-0.25, -0.2) is 0 Å². The minimum Gasteiger partial charge on any atom is -0.493 e. The van der Waals surface area contributed by atoms with E-state index in [1.54, 1.807) is 11.6 Å². The Morgan fingerprint density at radius 2 is 1.86 bits per heavy atom. The third kappa shape index (κ3) is 4.16. The summed E-state index contributed by atoms with van der Waals surface area (Å²) in [5.41, 5.74) is 4.36. The molecule has 6 heteroatoms. The van der Waals surface area contributed by atoms with Crippen molar-refractivity contribution in [1.82, 2.24) is 4.57 Å². The van der Waals surface area contributed by atoms with E-state index < -0.39 is 5.91 Å². The fourth-order valence-corrected chi connectivity index (χ4v) is 3.33. The van der Waals surface area contributed by atoms with Gasteiger partial charge in [0.2, 0.25) is 5.88 Å². The second-order valence-electron chi connectivity index (χ2n) is 8.31. The first-order chi connectivity index (χ1) is 13.6. The van der Waals surface area contributed by atoms with E-state index in [1.165, 1.54) is 5.56 Å². The van der Waals surface area contributed by atoms with Gasteiger partial charge in [-0.2, -0.15) is 0 Å². The summed E-state index contributed by atoms with van der Waals surface area (Å²) in [6, 6.07) is 11.6. The number of nitrogens with zero attached hydrogens (tertiary/aromatic N) is 3. The fourth-order valence-electron chi connectivity index (χ4n) is 3.33. The van der Waals surface area contributed by atoms with Crippen LogP contribution in [0, 0.1) is 13.8 Å². The number of aromatic hydroxyl groups is 1. The maximum Gasteiger partial charge on any atom is 0.302 e. The molecule has 0 unspecified atom stereocenters. The lowest BCUT2D eigenvalue weighted by Crippen LogP contribution is -2.12. The molecular formula is C23H27N3O3. The Kier molecular flexibility index (Phi) is 5.46. The van der Waals surface area contributed by atoms with Crippen LogP contribution < -0.4 is 4.74 Å². The van der Waals surface area contributed by atoms with E-state index in [2.05, 4.69) is 37.1 Å². The molecular weight excluding hydrogens is 366 g/mol. The van der Waals surface area contributed by atoms with Crippen LogP contribution in [-0.4, -0.2) is 22.2 Å². The minimum atomic E-state index is -0.520. The Labute approximate surface area is 170 Å². The molecule has 0 spiro atoms. The smallest absolute Gasteiger partial charge is 0.302 e. The molecule has 0 bridgehead atoms. The molecule has 0 radical (unpaired) electrons. The first kappa shape index (κ1) is 20.6. The highest BCUT2D eigenvalue weighted by Gasteiger charge is 2.17. The van der Waals surface area contributed by atoms with Crippen molar-refractivity contribution >= 4 is 22.5 Å². The molecule has 1 N–H and O–H groups in total. The molecule has 6 nitrogen and oxygen atoms in total. The van der Waals surface area contributed by atoms with Crippen molar-refractivity contribution < 1.29 is 14.6 Å². The highest BCUT2D eigenvalue weighted by atomic mass is 16.5. The second-order valence-corrected chi connectivity index (χ2v) is 8.31. The van der Waals surface area contributed by atoms with E-state index in [-0.39, 0.29) is 23.6 Å². The Morgan fingerprint density at radius 3 is 2.52 bits per heavy atom. The van der Waals surface area contributed by atoms with Gasteiger partial charge in [0.1, 0.15) is 5.75 Å². The van der Waals surface area contributed by atoms with Gasteiger partial charge in [0.15, 0.2) is 12.3 Å². The molecule has 152 valence electrons. The minimum absolute atomic E-state index is 0.0274. The van der Waals surface area contributed by atoms with Crippen LogP contribution in [0.2, 0.25) is 0 Å². The molecule has 0 saturated heterocycles. The maximum absolute atomic E-state index is 12.2. The second kappa shape index (κ2) is 7.70. The van der Waals surface area contributed by atoms with Gasteiger partial charge in [-0.3, -0.25) is 4.79 Å². The number of ether oxygens (including phenoxy) is 1. The lowest BCUT2D eigenvalue weighted by atomic mass is 9.86. The molecule has 1 amide bonds. The van der Waals surface area contributed by atoms with Gasteiger partial charge in [0.05, 0.1) is 5.52 Å². The summed E-state index contributed by atoms with van der Waals surface area (Å²) in [4.78, 5) is 12.2. The Morgan fingerprint density at radius 1 is 1.14 bits per heavy atom. The van der Waals surface area contributed by atoms with Gasteiger partial charge < -0.3 is 14.4 Å². The molecule has 29 heavy (non-hydrogen) atoms. The van der Waals surface area contributed by atoms with Crippen LogP contribution in [0.3, 0.4) is 0 Å². The van der Waals surface area contributed by atoms with Crippen LogP contribution in [0.4, 0.5) is 5.69 Å². The SMILES string of the molecule is Cc1cc(C(C)(C)C)ccc1OCC(=O)N=Nc1c(O)n(C)c2c(C)cccc12. The number of hydrogen-bond donors (Lipinski definition) is 1. The highest BCUT2D eigenvalue weighted by molar-refractivity contribution is 5.97. The van der Waals surface area contributed by atoms with E-state index in [4.69, 9.17) is 4.74 Å². The average Bonchev–Trinajstić information content (AvgIpc) is 2.89. The molecule has 3 rings (SSSR count). The zero-order valence-corrected chi connectivity index (χ0v) is 17.8. The number of hydrogen-bond acceptors (Lipinski definition) is 4. The van der Waals surface area contributed by atoms with Crippen molar-refractivity contribution in [3.05, 3.63) is 53.1 Å². The molecule has 2 aromatic carbocycles. The standard InChI is InChI=1S/C23H27N3O3/c1-14-8-7-9-17-20(22(28)26(6)21(14)17)25-24-19(27)13-29-18-11-10-16(12-15(18)2)23(3,4)5/h7-12,28H,13H2,1-6H3. The predicted molar refractivity (Wildman–Crippen MR) is 114 cm³/mol. The summed E-state index contributed by atoms with van der Waals surface area (Å²) in [6.07, 6.45) is 0. The van der Waals surface area contributed by atoms with Crippen LogP contribution in [-0.2, 0) is 17.3 Å². The van der Waals surface area contributed by atoms with E-state index in [0.29, 0.717) is 5.75 Å². The van der Waals surface area contributed by atoms with E-state index in [9.17, 15) is 9.90 Å². The fraction of sp³-hybridized carbons (Fsp3) is 0.348. The van der Waals surface area contributed by atoms with Gasteiger partial charge in [-0.15, -0.1) is 10.2 Å². The third-order valence-electron chi connectivity index (χ3n) is 5.01. The molecule has 1 aromatic heterocycles. The number of amides is 1. The van der Waals surface area contributed by atoms with Crippen molar-refractivity contribution in [3.63, 3.8) is 0 Å². The van der Waals surface area contributed by atoms with E-state index >= 15 is 0 Å². The molecule has 0 atom stereocenters. The summed E-state index contributed by atoms with van der Waals surface area (Å²) in [7, 11) is 1.75. The molecule has 0 aliphatic carbocycles. The van der Waals surface area contributed by atoms with E-state index in [0.717, 1.165) is 22.0 Å². The van der Waals surface area contributed by atoms with Gasteiger partial charge in [-0.05, 0) is 42.0 Å². The quantitative estimate of drug-likeness (QED) is 0.596. The molecule has 0 fully saturated rings. The normalized spacial score (nSPS) is 12.1. The number of fused-ring (bicyclic) bond motifs is 1. The lowest BCUT2D eigenvalue weighted by molar-refractivity contribution is -0.120. The first-order valence-electron chi connectivity index (χ1n) is 9.55. The molecule has 1 heterocycles. The average molecular weight is 393 g/mol. The Bertz CT molecular complexity index is 1100.